The maximum Gasteiger partial charge on any atom is 0.341 e. The van der Waals surface area contributed by atoms with Crippen molar-refractivity contribution in [3.63, 3.8) is 0 Å². The third-order valence-electron chi connectivity index (χ3n) is 3.46. The monoisotopic (exact) mass is 385 g/mol. The van der Waals surface area contributed by atoms with E-state index < -0.39 is 11.9 Å². The second-order valence-corrected chi connectivity index (χ2v) is 7.00. The summed E-state index contributed by atoms with van der Waals surface area (Å²) in [5.74, 6) is -0.903. The zero-order valence-corrected chi connectivity index (χ0v) is 15.9. The van der Waals surface area contributed by atoms with Crippen LogP contribution in [0.15, 0.2) is 18.2 Å². The predicted molar refractivity (Wildman–Crippen MR) is 98.8 cm³/mol. The summed E-state index contributed by atoms with van der Waals surface area (Å²) in [7, 11) is 0. The molecule has 2 aromatic rings. The van der Waals surface area contributed by atoms with Gasteiger partial charge >= 0.3 is 5.97 Å². The molecule has 128 valence electrons. The van der Waals surface area contributed by atoms with Gasteiger partial charge in [-0.2, -0.15) is 0 Å². The number of halogens is 2. The van der Waals surface area contributed by atoms with Crippen molar-refractivity contribution in [2.45, 2.75) is 27.2 Å². The maximum absolute atomic E-state index is 12.6. The topological polar surface area (TPSA) is 55.4 Å². The quantitative estimate of drug-likeness (QED) is 0.705. The Kier molecular flexibility index (Phi) is 6.27. The van der Waals surface area contributed by atoms with E-state index in [1.165, 1.54) is 11.3 Å². The molecule has 0 saturated heterocycles. The van der Waals surface area contributed by atoms with Crippen LogP contribution in [-0.4, -0.2) is 18.5 Å². The molecule has 1 amide bonds. The number of rotatable bonds is 5. The van der Waals surface area contributed by atoms with Gasteiger partial charge in [-0.05, 0) is 38.0 Å². The first-order chi connectivity index (χ1) is 11.4. The fourth-order valence-corrected chi connectivity index (χ4v) is 4.09. The molecule has 7 heteroatoms. The van der Waals surface area contributed by atoms with Crippen molar-refractivity contribution in [3.05, 3.63) is 49.8 Å². The van der Waals surface area contributed by atoms with E-state index in [4.69, 9.17) is 27.9 Å². The number of esters is 1. The van der Waals surface area contributed by atoms with E-state index >= 15 is 0 Å². The molecule has 0 aliphatic carbocycles. The van der Waals surface area contributed by atoms with E-state index in [1.807, 2.05) is 13.8 Å². The van der Waals surface area contributed by atoms with E-state index in [-0.39, 0.29) is 22.2 Å². The van der Waals surface area contributed by atoms with Gasteiger partial charge in [0.05, 0.1) is 27.8 Å². The second-order valence-electron chi connectivity index (χ2n) is 4.97. The molecule has 24 heavy (non-hydrogen) atoms. The smallest absolute Gasteiger partial charge is 0.341 e. The molecule has 0 radical (unpaired) electrons. The molecule has 0 aliphatic rings. The first-order valence-electron chi connectivity index (χ1n) is 7.45. The van der Waals surface area contributed by atoms with Crippen LogP contribution in [0.5, 0.6) is 0 Å². The van der Waals surface area contributed by atoms with Gasteiger partial charge in [-0.15, -0.1) is 11.3 Å². The molecular weight excluding hydrogens is 369 g/mol. The Morgan fingerprint density at radius 1 is 1.17 bits per heavy atom. The van der Waals surface area contributed by atoms with Gasteiger partial charge in [-0.25, -0.2) is 4.79 Å². The molecule has 1 aromatic heterocycles. The fourth-order valence-electron chi connectivity index (χ4n) is 2.39. The Morgan fingerprint density at radius 3 is 2.33 bits per heavy atom. The number of ether oxygens (including phenoxy) is 1. The molecule has 4 nitrogen and oxygen atoms in total. The van der Waals surface area contributed by atoms with Crippen LogP contribution in [0.2, 0.25) is 10.0 Å². The standard InChI is InChI=1S/C17H17Cl2NO3S/c1-4-10-9(3)24-16(13(10)17(22)23-5-2)20-15(21)14-11(18)7-6-8-12(14)19/h6-8H,4-5H2,1-3H3,(H,20,21). The first kappa shape index (κ1) is 18.8. The molecular formula is C17H17Cl2NO3S. The molecule has 0 fully saturated rings. The predicted octanol–water partition coefficient (Wildman–Crippen LogP) is 5.35. The zero-order valence-electron chi connectivity index (χ0n) is 13.5. The van der Waals surface area contributed by atoms with E-state index in [0.717, 1.165) is 10.4 Å². The van der Waals surface area contributed by atoms with Crippen molar-refractivity contribution in [1.29, 1.82) is 0 Å². The number of aryl methyl sites for hydroxylation is 1. The van der Waals surface area contributed by atoms with E-state index in [9.17, 15) is 9.59 Å². The Hall–Kier alpha value is -1.56. The van der Waals surface area contributed by atoms with Crippen LogP contribution in [0.3, 0.4) is 0 Å². The number of anilines is 1. The molecule has 1 aromatic carbocycles. The summed E-state index contributed by atoms with van der Waals surface area (Å²) >= 11 is 13.5. The van der Waals surface area contributed by atoms with E-state index in [2.05, 4.69) is 5.32 Å². The lowest BCUT2D eigenvalue weighted by Crippen LogP contribution is -2.16. The van der Waals surface area contributed by atoms with Gasteiger partial charge in [0.1, 0.15) is 5.00 Å². The number of nitrogens with one attached hydrogen (secondary N) is 1. The minimum atomic E-state index is -0.458. The molecule has 0 spiro atoms. The number of carbonyl (C=O) groups excluding carboxylic acids is 2. The highest BCUT2D eigenvalue weighted by atomic mass is 35.5. The largest absolute Gasteiger partial charge is 0.462 e. The van der Waals surface area contributed by atoms with Crippen LogP contribution in [0.4, 0.5) is 5.00 Å². The molecule has 1 heterocycles. The average Bonchev–Trinajstić information content (AvgIpc) is 2.82. The Bertz CT molecular complexity index is 766. The summed E-state index contributed by atoms with van der Waals surface area (Å²) in [6.45, 7) is 5.86. The van der Waals surface area contributed by atoms with E-state index in [1.54, 1.807) is 25.1 Å². The Morgan fingerprint density at radius 2 is 1.79 bits per heavy atom. The van der Waals surface area contributed by atoms with Crippen molar-refractivity contribution >= 4 is 51.4 Å². The van der Waals surface area contributed by atoms with Crippen LogP contribution >= 0.6 is 34.5 Å². The third kappa shape index (κ3) is 3.74. The summed E-state index contributed by atoms with van der Waals surface area (Å²) in [6.07, 6.45) is 0.666. The average molecular weight is 386 g/mol. The molecule has 0 unspecified atom stereocenters. The van der Waals surface area contributed by atoms with Crippen molar-refractivity contribution in [2.24, 2.45) is 0 Å². The van der Waals surface area contributed by atoms with Crippen LogP contribution in [0.1, 0.15) is 45.0 Å². The lowest BCUT2D eigenvalue weighted by molar-refractivity contribution is 0.0527. The number of carbonyl (C=O) groups is 2. The van der Waals surface area contributed by atoms with Crippen molar-refractivity contribution in [2.75, 3.05) is 11.9 Å². The number of thiophene rings is 1. The van der Waals surface area contributed by atoms with Crippen LogP contribution in [0.25, 0.3) is 0 Å². The lowest BCUT2D eigenvalue weighted by Gasteiger charge is -2.09. The highest BCUT2D eigenvalue weighted by Gasteiger charge is 2.25. The van der Waals surface area contributed by atoms with Crippen molar-refractivity contribution < 1.29 is 14.3 Å². The van der Waals surface area contributed by atoms with Crippen LogP contribution in [-0.2, 0) is 11.2 Å². The van der Waals surface area contributed by atoms with E-state index in [0.29, 0.717) is 17.0 Å². The van der Waals surface area contributed by atoms with Crippen LogP contribution in [0, 0.1) is 6.92 Å². The molecule has 2 rings (SSSR count). The minimum Gasteiger partial charge on any atom is -0.462 e. The third-order valence-corrected chi connectivity index (χ3v) is 5.15. The molecule has 0 bridgehead atoms. The van der Waals surface area contributed by atoms with Gasteiger partial charge in [0.15, 0.2) is 0 Å². The molecule has 0 aliphatic heterocycles. The summed E-state index contributed by atoms with van der Waals surface area (Å²) in [5.41, 5.74) is 1.46. The van der Waals surface area contributed by atoms with Gasteiger partial charge in [0.25, 0.3) is 5.91 Å². The molecule has 0 atom stereocenters. The summed E-state index contributed by atoms with van der Waals surface area (Å²) in [4.78, 5) is 25.8. The number of benzene rings is 1. The number of hydrogen-bond acceptors (Lipinski definition) is 4. The maximum atomic E-state index is 12.6. The summed E-state index contributed by atoms with van der Waals surface area (Å²) in [6, 6.07) is 4.84. The summed E-state index contributed by atoms with van der Waals surface area (Å²) in [5, 5.41) is 3.70. The Labute approximate surface area is 154 Å². The lowest BCUT2D eigenvalue weighted by atomic mass is 10.1. The zero-order chi connectivity index (χ0) is 17.9. The minimum absolute atomic E-state index is 0.180. The van der Waals surface area contributed by atoms with Gasteiger partial charge in [-0.3, -0.25) is 4.79 Å². The second kappa shape index (κ2) is 8.01. The van der Waals surface area contributed by atoms with Gasteiger partial charge < -0.3 is 10.1 Å². The highest BCUT2D eigenvalue weighted by Crippen LogP contribution is 2.35. The first-order valence-corrected chi connectivity index (χ1v) is 9.02. The van der Waals surface area contributed by atoms with Gasteiger partial charge in [0, 0.05) is 4.88 Å². The number of hydrogen-bond donors (Lipinski definition) is 1. The Balaban J connectivity index is 2.43. The highest BCUT2D eigenvalue weighted by molar-refractivity contribution is 7.16. The normalized spacial score (nSPS) is 10.5. The number of amides is 1. The fraction of sp³-hybridized carbons (Fsp3) is 0.294. The van der Waals surface area contributed by atoms with Gasteiger partial charge in [-0.1, -0.05) is 36.2 Å². The SMILES string of the molecule is CCOC(=O)c1c(NC(=O)c2c(Cl)cccc2Cl)sc(C)c1CC. The van der Waals surface area contributed by atoms with Gasteiger partial charge in [0.2, 0.25) is 0 Å². The van der Waals surface area contributed by atoms with Crippen molar-refractivity contribution in [3.8, 4) is 0 Å². The molecule has 1 N–H and O–H groups in total. The summed E-state index contributed by atoms with van der Waals surface area (Å²) < 4.78 is 5.12. The van der Waals surface area contributed by atoms with Crippen LogP contribution < -0.4 is 5.32 Å². The van der Waals surface area contributed by atoms with Crippen molar-refractivity contribution in [1.82, 2.24) is 0 Å². The molecule has 0 saturated carbocycles.